The summed E-state index contributed by atoms with van der Waals surface area (Å²) in [6.07, 6.45) is 0.168. The molecule has 2 aliphatic heterocycles. The molecule has 30 heavy (non-hydrogen) atoms. The third-order valence-corrected chi connectivity index (χ3v) is 9.17. The molecule has 2 aromatic rings. The summed E-state index contributed by atoms with van der Waals surface area (Å²) >= 11 is 10.8. The van der Waals surface area contributed by atoms with Crippen molar-refractivity contribution in [1.29, 1.82) is 0 Å². The zero-order valence-corrected chi connectivity index (χ0v) is 20.4. The Labute approximate surface area is 193 Å². The van der Waals surface area contributed by atoms with Crippen LogP contribution in [0.3, 0.4) is 0 Å². The number of amides is 1. The maximum Gasteiger partial charge on any atom is 0.252 e. The molecule has 0 N–H and O–H groups in total. The monoisotopic (exact) mass is 526 g/mol. The highest BCUT2D eigenvalue weighted by molar-refractivity contribution is 9.10. The van der Waals surface area contributed by atoms with Gasteiger partial charge in [-0.25, -0.2) is 8.42 Å². The van der Waals surface area contributed by atoms with Crippen molar-refractivity contribution >= 4 is 65.9 Å². The van der Waals surface area contributed by atoms with E-state index in [1.165, 1.54) is 11.8 Å². The Morgan fingerprint density at radius 2 is 1.83 bits per heavy atom. The second-order valence-electron chi connectivity index (χ2n) is 7.65. The molecule has 9 heteroatoms. The summed E-state index contributed by atoms with van der Waals surface area (Å²) in [5, 5.41) is 1.07. The maximum atomic E-state index is 12.7. The summed E-state index contributed by atoms with van der Waals surface area (Å²) < 4.78 is 25.5. The van der Waals surface area contributed by atoms with Gasteiger partial charge in [-0.1, -0.05) is 51.4 Å². The lowest BCUT2D eigenvalue weighted by Crippen LogP contribution is -2.38. The minimum Gasteiger partial charge on any atom is -0.315 e. The lowest BCUT2D eigenvalue weighted by Gasteiger charge is -2.28. The van der Waals surface area contributed by atoms with Crippen LogP contribution in [-0.4, -0.2) is 42.3 Å². The fourth-order valence-corrected chi connectivity index (χ4v) is 8.76. The predicted molar refractivity (Wildman–Crippen MR) is 128 cm³/mol. The van der Waals surface area contributed by atoms with Crippen LogP contribution in [0.1, 0.15) is 16.7 Å². The first-order valence-electron chi connectivity index (χ1n) is 9.42. The van der Waals surface area contributed by atoms with E-state index in [2.05, 4.69) is 20.9 Å². The number of anilines is 1. The van der Waals surface area contributed by atoms with Crippen LogP contribution in [0.2, 0.25) is 5.02 Å². The number of thioether (sulfide) groups is 1. The number of nitrogens with zero attached hydrogens (tertiary/aromatic N) is 2. The Kier molecular flexibility index (Phi) is 6.05. The largest absolute Gasteiger partial charge is 0.315 e. The minimum atomic E-state index is -3.11. The molecular formula is C21H20BrClN2O3S2. The average molecular weight is 528 g/mol. The van der Waals surface area contributed by atoms with E-state index >= 15 is 0 Å². The molecule has 5 nitrogen and oxygen atoms in total. The highest BCUT2D eigenvalue weighted by atomic mass is 79.9. The van der Waals surface area contributed by atoms with Crippen LogP contribution in [-0.2, 0) is 21.1 Å². The zero-order valence-electron chi connectivity index (χ0n) is 16.4. The Morgan fingerprint density at radius 1 is 1.20 bits per heavy atom. The zero-order chi connectivity index (χ0) is 21.6. The molecule has 4 rings (SSSR count). The Hall–Kier alpha value is -1.35. The normalized spacial score (nSPS) is 23.7. The number of aliphatic imine (C=N–C) groups is 1. The summed E-state index contributed by atoms with van der Waals surface area (Å²) in [7, 11) is -3.11. The van der Waals surface area contributed by atoms with E-state index in [-0.39, 0.29) is 35.1 Å². The lowest BCUT2D eigenvalue weighted by molar-refractivity contribution is -0.117. The van der Waals surface area contributed by atoms with Crippen LogP contribution in [0.15, 0.2) is 45.9 Å². The highest BCUT2D eigenvalue weighted by Gasteiger charge is 2.50. The number of hydrogen-bond acceptors (Lipinski definition) is 4. The van der Waals surface area contributed by atoms with Crippen LogP contribution in [0.5, 0.6) is 0 Å². The topological polar surface area (TPSA) is 66.8 Å². The molecule has 0 radical (unpaired) electrons. The first-order valence-corrected chi connectivity index (χ1v) is 13.3. The average Bonchev–Trinajstić information content (AvgIpc) is 3.08. The van der Waals surface area contributed by atoms with Gasteiger partial charge in [0, 0.05) is 20.4 Å². The summed E-state index contributed by atoms with van der Waals surface area (Å²) in [5.41, 5.74) is 3.77. The van der Waals surface area contributed by atoms with E-state index in [0.717, 1.165) is 26.9 Å². The van der Waals surface area contributed by atoms with Gasteiger partial charge in [-0.05, 0) is 54.8 Å². The Morgan fingerprint density at radius 3 is 2.47 bits per heavy atom. The van der Waals surface area contributed by atoms with Gasteiger partial charge in [0.15, 0.2) is 15.0 Å². The molecule has 0 unspecified atom stereocenters. The van der Waals surface area contributed by atoms with Crippen LogP contribution < -0.4 is 4.90 Å². The van der Waals surface area contributed by atoms with Crippen molar-refractivity contribution in [3.63, 3.8) is 0 Å². The van der Waals surface area contributed by atoms with E-state index in [1.807, 2.05) is 43.0 Å². The highest BCUT2D eigenvalue weighted by Crippen LogP contribution is 2.43. The van der Waals surface area contributed by atoms with Crippen molar-refractivity contribution in [2.75, 3.05) is 16.4 Å². The van der Waals surface area contributed by atoms with Crippen LogP contribution in [0.4, 0.5) is 5.69 Å². The first-order chi connectivity index (χ1) is 14.1. The van der Waals surface area contributed by atoms with Crippen molar-refractivity contribution in [1.82, 2.24) is 0 Å². The first kappa shape index (κ1) is 21.9. The summed E-state index contributed by atoms with van der Waals surface area (Å²) in [5.74, 6) is -0.0814. The number of carbonyl (C=O) groups excluding carboxylic acids is 1. The van der Waals surface area contributed by atoms with E-state index in [1.54, 1.807) is 12.1 Å². The third kappa shape index (κ3) is 4.47. The fourth-order valence-electron chi connectivity index (χ4n) is 4.03. The van der Waals surface area contributed by atoms with Crippen molar-refractivity contribution in [3.05, 3.63) is 62.6 Å². The molecule has 158 valence electrons. The predicted octanol–water partition coefficient (Wildman–Crippen LogP) is 4.56. The standard InChI is InChI=1S/C21H20BrClN2O3S2/c1-12-7-15(22)8-13(2)20(12)25-17-10-30(27,28)11-18(17)29-21(25)24-19(26)9-14-3-5-16(23)6-4-14/h3-8,17-18H,9-11H2,1-2H3/t17-,18+/m0/s1. The van der Waals surface area contributed by atoms with E-state index in [0.29, 0.717) is 10.2 Å². The molecular weight excluding hydrogens is 508 g/mol. The summed E-state index contributed by atoms with van der Waals surface area (Å²) in [6, 6.07) is 10.9. The number of hydrogen-bond donors (Lipinski definition) is 0. The van der Waals surface area contributed by atoms with Gasteiger partial charge in [-0.15, -0.1) is 0 Å². The number of rotatable bonds is 3. The van der Waals surface area contributed by atoms with Gasteiger partial charge in [0.25, 0.3) is 5.91 Å². The Balaban J connectivity index is 1.70. The molecule has 0 bridgehead atoms. The number of aryl methyl sites for hydroxylation is 2. The molecule has 2 saturated heterocycles. The van der Waals surface area contributed by atoms with Gasteiger partial charge < -0.3 is 4.90 Å². The van der Waals surface area contributed by atoms with Crippen LogP contribution in [0, 0.1) is 13.8 Å². The van der Waals surface area contributed by atoms with Crippen molar-refractivity contribution in [3.8, 4) is 0 Å². The fraction of sp³-hybridized carbons (Fsp3) is 0.333. The van der Waals surface area contributed by atoms with Crippen molar-refractivity contribution in [2.45, 2.75) is 31.6 Å². The Bertz CT molecular complexity index is 1130. The molecule has 0 spiro atoms. The van der Waals surface area contributed by atoms with E-state index < -0.39 is 9.84 Å². The third-order valence-electron chi connectivity index (χ3n) is 5.25. The number of amidine groups is 1. The smallest absolute Gasteiger partial charge is 0.252 e. The molecule has 0 aliphatic carbocycles. The molecule has 2 aliphatic rings. The second-order valence-corrected chi connectivity index (χ2v) is 12.4. The number of benzene rings is 2. The molecule has 2 heterocycles. The quantitative estimate of drug-likeness (QED) is 0.585. The van der Waals surface area contributed by atoms with E-state index in [9.17, 15) is 13.2 Å². The van der Waals surface area contributed by atoms with Crippen LogP contribution in [0.25, 0.3) is 0 Å². The van der Waals surface area contributed by atoms with Gasteiger partial charge in [0.1, 0.15) is 0 Å². The molecule has 2 fully saturated rings. The second kappa shape index (κ2) is 8.30. The van der Waals surface area contributed by atoms with Gasteiger partial charge in [0.2, 0.25) is 0 Å². The van der Waals surface area contributed by atoms with Gasteiger partial charge in [0.05, 0.1) is 24.0 Å². The summed E-state index contributed by atoms with van der Waals surface area (Å²) in [4.78, 5) is 19.1. The molecule has 2 atom stereocenters. The summed E-state index contributed by atoms with van der Waals surface area (Å²) in [6.45, 7) is 3.98. The van der Waals surface area contributed by atoms with E-state index in [4.69, 9.17) is 11.6 Å². The number of fused-ring (bicyclic) bond motifs is 1. The molecule has 0 aromatic heterocycles. The van der Waals surface area contributed by atoms with Gasteiger partial charge >= 0.3 is 0 Å². The SMILES string of the molecule is Cc1cc(Br)cc(C)c1N1C(=NC(=O)Cc2ccc(Cl)cc2)S[C@@H]2CS(=O)(=O)C[C@@H]21. The maximum absolute atomic E-state index is 12.7. The van der Waals surface area contributed by atoms with Crippen molar-refractivity contribution in [2.24, 2.45) is 4.99 Å². The van der Waals surface area contributed by atoms with Crippen LogP contribution >= 0.6 is 39.3 Å². The number of carbonyl (C=O) groups is 1. The van der Waals surface area contributed by atoms with Crippen molar-refractivity contribution < 1.29 is 13.2 Å². The molecule has 2 aromatic carbocycles. The van der Waals surface area contributed by atoms with Gasteiger partial charge in [-0.2, -0.15) is 4.99 Å². The number of sulfone groups is 1. The molecule has 0 saturated carbocycles. The number of halogens is 2. The molecule has 1 amide bonds. The lowest BCUT2D eigenvalue weighted by atomic mass is 10.1. The van der Waals surface area contributed by atoms with Gasteiger partial charge in [-0.3, -0.25) is 4.79 Å². The minimum absolute atomic E-state index is 0.0734.